The van der Waals surface area contributed by atoms with Crippen molar-refractivity contribution < 1.29 is 4.79 Å². The Balaban J connectivity index is 1.56. The molecule has 0 saturated carbocycles. The van der Waals surface area contributed by atoms with Crippen molar-refractivity contribution >= 4 is 27.8 Å². The highest BCUT2D eigenvalue weighted by Crippen LogP contribution is 2.22. The first-order chi connectivity index (χ1) is 12.5. The van der Waals surface area contributed by atoms with Crippen LogP contribution < -0.4 is 5.32 Å². The van der Waals surface area contributed by atoms with Crippen molar-refractivity contribution in [1.29, 1.82) is 0 Å². The molecule has 1 atom stereocenters. The van der Waals surface area contributed by atoms with E-state index >= 15 is 0 Å². The summed E-state index contributed by atoms with van der Waals surface area (Å²) < 4.78 is 2.20. The van der Waals surface area contributed by atoms with E-state index < -0.39 is 0 Å². The van der Waals surface area contributed by atoms with Gasteiger partial charge in [-0.25, -0.2) is 4.98 Å². The fourth-order valence-electron chi connectivity index (χ4n) is 3.28. The van der Waals surface area contributed by atoms with Crippen LogP contribution in [0.25, 0.3) is 21.9 Å². The van der Waals surface area contributed by atoms with Crippen LogP contribution in [0.15, 0.2) is 54.7 Å². The van der Waals surface area contributed by atoms with Gasteiger partial charge in [0.15, 0.2) is 0 Å². The summed E-state index contributed by atoms with van der Waals surface area (Å²) >= 11 is 0. The summed E-state index contributed by atoms with van der Waals surface area (Å²) in [7, 11) is 0. The molecule has 2 heterocycles. The Bertz CT molecular complexity index is 1060. The van der Waals surface area contributed by atoms with Crippen LogP contribution in [-0.2, 0) is 0 Å². The van der Waals surface area contributed by atoms with Crippen molar-refractivity contribution in [3.63, 3.8) is 0 Å². The minimum Gasteiger partial charge on any atom is -0.345 e. The van der Waals surface area contributed by atoms with Gasteiger partial charge in [-0.15, -0.1) is 0 Å². The predicted molar refractivity (Wildman–Crippen MR) is 104 cm³/mol. The van der Waals surface area contributed by atoms with E-state index in [1.165, 1.54) is 0 Å². The number of rotatable bonds is 4. The molecule has 2 N–H and O–H groups in total. The molecule has 0 aliphatic carbocycles. The van der Waals surface area contributed by atoms with Crippen LogP contribution in [0.2, 0.25) is 0 Å². The summed E-state index contributed by atoms with van der Waals surface area (Å²) in [6, 6.07) is 15.9. The lowest BCUT2D eigenvalue weighted by molar-refractivity contribution is 0.0938. The molecule has 0 aliphatic rings. The minimum absolute atomic E-state index is 0.0999. The van der Waals surface area contributed by atoms with Gasteiger partial charge < -0.3 is 14.9 Å². The molecule has 1 amide bonds. The van der Waals surface area contributed by atoms with E-state index in [1.807, 2.05) is 49.4 Å². The molecule has 5 heteroatoms. The Morgan fingerprint density at radius 2 is 1.92 bits per heavy atom. The summed E-state index contributed by atoms with van der Waals surface area (Å²) in [4.78, 5) is 20.5. The van der Waals surface area contributed by atoms with Crippen LogP contribution in [0.5, 0.6) is 0 Å². The topological polar surface area (TPSA) is 62.7 Å². The van der Waals surface area contributed by atoms with E-state index in [4.69, 9.17) is 0 Å². The maximum absolute atomic E-state index is 12.7. The van der Waals surface area contributed by atoms with Crippen LogP contribution in [0.3, 0.4) is 0 Å². The van der Waals surface area contributed by atoms with Gasteiger partial charge in [0, 0.05) is 28.7 Å². The first-order valence-corrected chi connectivity index (χ1v) is 8.89. The summed E-state index contributed by atoms with van der Waals surface area (Å²) in [5, 5.41) is 4.10. The van der Waals surface area contributed by atoms with Crippen molar-refractivity contribution in [3.8, 4) is 0 Å². The average Bonchev–Trinajstić information content (AvgIpc) is 3.25. The fraction of sp³-hybridized carbons (Fsp3) is 0.238. The lowest BCUT2D eigenvalue weighted by Crippen LogP contribution is -2.27. The van der Waals surface area contributed by atoms with Crippen LogP contribution in [0, 0.1) is 0 Å². The molecule has 0 radical (unpaired) electrons. The lowest BCUT2D eigenvalue weighted by atomic mass is 10.1. The highest BCUT2D eigenvalue weighted by Gasteiger charge is 2.15. The highest BCUT2D eigenvalue weighted by atomic mass is 16.1. The van der Waals surface area contributed by atoms with Gasteiger partial charge in [-0.3, -0.25) is 4.79 Å². The zero-order valence-corrected chi connectivity index (χ0v) is 15.2. The van der Waals surface area contributed by atoms with Crippen molar-refractivity contribution in [2.75, 3.05) is 0 Å². The van der Waals surface area contributed by atoms with Crippen molar-refractivity contribution in [2.24, 2.45) is 0 Å². The van der Waals surface area contributed by atoms with E-state index in [0.29, 0.717) is 11.6 Å². The van der Waals surface area contributed by atoms with Gasteiger partial charge in [-0.1, -0.05) is 12.1 Å². The number of hydrogen-bond acceptors (Lipinski definition) is 2. The monoisotopic (exact) mass is 346 g/mol. The molecule has 0 fully saturated rings. The molecular formula is C21H22N4O. The Labute approximate surface area is 152 Å². The number of fused-ring (bicyclic) bond motifs is 2. The Morgan fingerprint density at radius 3 is 2.69 bits per heavy atom. The summed E-state index contributed by atoms with van der Waals surface area (Å²) in [5.41, 5.74) is 3.67. The van der Waals surface area contributed by atoms with Crippen molar-refractivity contribution in [3.05, 3.63) is 66.1 Å². The number of carbonyl (C=O) groups is 1. The second kappa shape index (κ2) is 6.33. The molecule has 0 bridgehead atoms. The van der Waals surface area contributed by atoms with Crippen molar-refractivity contribution in [1.82, 2.24) is 19.9 Å². The van der Waals surface area contributed by atoms with Gasteiger partial charge >= 0.3 is 0 Å². The molecule has 2 aromatic heterocycles. The van der Waals surface area contributed by atoms with E-state index in [-0.39, 0.29) is 11.9 Å². The van der Waals surface area contributed by atoms with Crippen LogP contribution in [-0.4, -0.2) is 20.4 Å². The predicted octanol–water partition coefficient (Wildman–Crippen LogP) is 4.59. The molecule has 26 heavy (non-hydrogen) atoms. The normalized spacial score (nSPS) is 12.8. The number of carbonyl (C=O) groups excluding carboxylic acids is 1. The molecule has 4 aromatic rings. The number of aromatic amines is 1. The number of amides is 1. The van der Waals surface area contributed by atoms with E-state index in [0.717, 1.165) is 27.8 Å². The summed E-state index contributed by atoms with van der Waals surface area (Å²) in [6.07, 6.45) is 2.06. The average molecular weight is 346 g/mol. The first-order valence-electron chi connectivity index (χ1n) is 8.89. The zero-order valence-electron chi connectivity index (χ0n) is 15.2. The number of hydrogen-bond donors (Lipinski definition) is 2. The van der Waals surface area contributed by atoms with Gasteiger partial charge in [-0.2, -0.15) is 0 Å². The van der Waals surface area contributed by atoms with E-state index in [9.17, 15) is 4.79 Å². The molecule has 0 unspecified atom stereocenters. The third-order valence-corrected chi connectivity index (χ3v) is 4.70. The number of para-hydroxylation sites is 2. The smallest absolute Gasteiger partial charge is 0.251 e. The van der Waals surface area contributed by atoms with Gasteiger partial charge in [0.2, 0.25) is 0 Å². The Hall–Kier alpha value is -3.08. The summed E-state index contributed by atoms with van der Waals surface area (Å²) in [6.45, 7) is 6.23. The molecule has 2 aromatic carbocycles. The second-order valence-corrected chi connectivity index (χ2v) is 6.92. The maximum atomic E-state index is 12.7. The lowest BCUT2D eigenvalue weighted by Gasteiger charge is -2.12. The largest absolute Gasteiger partial charge is 0.345 e. The standard InChI is InChI=1S/C21H22N4O/c1-13(2)25-11-10-15-12-16(8-9-19(15)25)21(26)22-14(3)20-23-17-6-4-5-7-18(17)24-20/h4-14H,1-3H3,(H,22,26)(H,23,24)/t14-/m0/s1. The van der Waals surface area contributed by atoms with Gasteiger partial charge in [0.1, 0.15) is 5.82 Å². The van der Waals surface area contributed by atoms with Gasteiger partial charge in [0.05, 0.1) is 17.1 Å². The number of benzene rings is 2. The third-order valence-electron chi connectivity index (χ3n) is 4.70. The molecule has 4 rings (SSSR count). The Morgan fingerprint density at radius 1 is 1.12 bits per heavy atom. The zero-order chi connectivity index (χ0) is 18.3. The number of imidazole rings is 1. The quantitative estimate of drug-likeness (QED) is 0.568. The number of nitrogens with one attached hydrogen (secondary N) is 2. The van der Waals surface area contributed by atoms with Gasteiger partial charge in [-0.05, 0) is 57.2 Å². The molecule has 132 valence electrons. The van der Waals surface area contributed by atoms with Crippen LogP contribution >= 0.6 is 0 Å². The SMILES string of the molecule is CC(C)n1ccc2cc(C(=O)N[C@@H](C)c3nc4ccccc4[nH]3)ccc21. The molecular weight excluding hydrogens is 324 g/mol. The highest BCUT2D eigenvalue weighted by molar-refractivity contribution is 5.98. The van der Waals surface area contributed by atoms with E-state index in [1.54, 1.807) is 0 Å². The van der Waals surface area contributed by atoms with Crippen LogP contribution in [0.4, 0.5) is 0 Å². The van der Waals surface area contributed by atoms with E-state index in [2.05, 4.69) is 46.0 Å². The number of aromatic nitrogens is 3. The molecule has 5 nitrogen and oxygen atoms in total. The summed E-state index contributed by atoms with van der Waals surface area (Å²) in [5.74, 6) is 0.656. The molecule has 0 saturated heterocycles. The fourth-order valence-corrected chi connectivity index (χ4v) is 3.28. The molecule has 0 aliphatic heterocycles. The second-order valence-electron chi connectivity index (χ2n) is 6.92. The Kier molecular flexibility index (Phi) is 3.99. The number of H-pyrrole nitrogens is 1. The number of nitrogens with zero attached hydrogens (tertiary/aromatic N) is 2. The maximum Gasteiger partial charge on any atom is 0.251 e. The van der Waals surface area contributed by atoms with Crippen molar-refractivity contribution in [2.45, 2.75) is 32.9 Å². The minimum atomic E-state index is -0.203. The third kappa shape index (κ3) is 2.86. The molecule has 0 spiro atoms. The van der Waals surface area contributed by atoms with Gasteiger partial charge in [0.25, 0.3) is 5.91 Å². The van der Waals surface area contributed by atoms with Crippen LogP contribution in [0.1, 0.15) is 49.0 Å². The first kappa shape index (κ1) is 16.4.